The van der Waals surface area contributed by atoms with Crippen LogP contribution in [0.4, 0.5) is 0 Å². The second kappa shape index (κ2) is 25.6. The number of esters is 1. The summed E-state index contributed by atoms with van der Waals surface area (Å²) in [6, 6.07) is -1.08. The van der Waals surface area contributed by atoms with Crippen LogP contribution >= 0.6 is 0 Å². The average molecular weight is 916 g/mol. The predicted octanol–water partition coefficient (Wildman–Crippen LogP) is 7.04. The molecule has 4 N–H and O–H groups in total. The molecule has 2 bridgehead atoms. The number of methoxy groups -OCH3 is 3. The van der Waals surface area contributed by atoms with Gasteiger partial charge >= 0.3 is 5.97 Å². The van der Waals surface area contributed by atoms with Crippen LogP contribution in [0.3, 0.4) is 0 Å². The van der Waals surface area contributed by atoms with Crippen LogP contribution in [0.5, 0.6) is 0 Å². The molecule has 3 aliphatic heterocycles. The van der Waals surface area contributed by atoms with E-state index in [1.54, 1.807) is 28.3 Å². The number of aliphatic hydroxyl groups excluding tert-OH is 3. The summed E-state index contributed by atoms with van der Waals surface area (Å²) in [5.74, 6) is -5.85. The van der Waals surface area contributed by atoms with Crippen LogP contribution in [0.25, 0.3) is 0 Å². The largest absolute Gasteiger partial charge is 0.460 e. The quantitative estimate of drug-likeness (QED) is 0.121. The fourth-order valence-electron chi connectivity index (χ4n) is 10.7. The van der Waals surface area contributed by atoms with E-state index in [0.717, 1.165) is 18.4 Å². The number of hydrogen-bond donors (Lipinski definition) is 4. The number of allylic oxidation sites excluding steroid dienone is 5. The summed E-state index contributed by atoms with van der Waals surface area (Å²) in [4.78, 5) is 44.2. The van der Waals surface area contributed by atoms with Gasteiger partial charge in [0.05, 0.1) is 36.6 Å². The van der Waals surface area contributed by atoms with Crippen molar-refractivity contribution < 1.29 is 58.5 Å². The Morgan fingerprint density at radius 2 is 1.54 bits per heavy atom. The van der Waals surface area contributed by atoms with Crippen LogP contribution in [0.1, 0.15) is 132 Å². The van der Waals surface area contributed by atoms with Gasteiger partial charge < -0.3 is 49.0 Å². The fraction of sp³-hybridized carbons (Fsp3) is 0.788. The number of Topliss-reactive ketones (excluding diaryl/α,β-unsaturated/α-hetero) is 1. The Morgan fingerprint density at radius 3 is 2.22 bits per heavy atom. The summed E-state index contributed by atoms with van der Waals surface area (Å²) >= 11 is 0. The van der Waals surface area contributed by atoms with Gasteiger partial charge in [-0.25, -0.2) is 4.79 Å². The number of carbonyl (C=O) groups is 3. The minimum absolute atomic E-state index is 0.00898. The Kier molecular flexibility index (Phi) is 21.6. The second-order valence-electron chi connectivity index (χ2n) is 20.4. The van der Waals surface area contributed by atoms with Gasteiger partial charge in [0.1, 0.15) is 18.2 Å². The molecule has 65 heavy (non-hydrogen) atoms. The molecule has 3 fully saturated rings. The number of amides is 1. The highest BCUT2D eigenvalue weighted by Gasteiger charge is 2.53. The fourth-order valence-corrected chi connectivity index (χ4v) is 10.7. The lowest BCUT2D eigenvalue weighted by Crippen LogP contribution is -2.61. The van der Waals surface area contributed by atoms with Gasteiger partial charge in [-0.15, -0.1) is 0 Å². The Bertz CT molecular complexity index is 1660. The third-order valence-corrected chi connectivity index (χ3v) is 15.4. The number of fused-ring (bicyclic) bond motifs is 3. The zero-order valence-corrected chi connectivity index (χ0v) is 41.4. The smallest absolute Gasteiger partial charge is 0.329 e. The van der Waals surface area contributed by atoms with E-state index >= 15 is 0 Å². The van der Waals surface area contributed by atoms with Crippen molar-refractivity contribution in [3.8, 4) is 0 Å². The zero-order chi connectivity index (χ0) is 48.2. The SMILES string of the molecule is CO[C@@H]1C(O)/C(C)=C/[C@@H](C)C(O)C[C@@H]([C@H](C)CC2CC[C@@H](O)[C@H](OC)C2)OC(=O)[C@@H]2CCCCN2C(=O)C(=O)[C@]2(O)O[C@@H](CC[C@H]2C)C[C@H](OC)/C(C)=C/C=C/C=C/[C@@H](C)C[C@@H](C)C1C. The highest BCUT2D eigenvalue weighted by atomic mass is 16.6. The number of carbonyl (C=O) groups excluding carboxylic acids is 3. The number of rotatable bonds is 6. The molecule has 4 rings (SSSR count). The van der Waals surface area contributed by atoms with Gasteiger partial charge in [-0.3, -0.25) is 9.59 Å². The number of cyclic esters (lactones) is 1. The molecule has 2 saturated heterocycles. The van der Waals surface area contributed by atoms with Gasteiger partial charge in [0.2, 0.25) is 5.79 Å². The molecular weight excluding hydrogens is 831 g/mol. The molecule has 17 atom stereocenters. The number of ether oxygens (including phenoxy) is 5. The number of ketones is 1. The van der Waals surface area contributed by atoms with Crippen molar-refractivity contribution in [3.63, 3.8) is 0 Å². The number of piperidine rings is 1. The van der Waals surface area contributed by atoms with E-state index in [1.165, 1.54) is 4.90 Å². The second-order valence-corrected chi connectivity index (χ2v) is 20.4. The minimum atomic E-state index is -2.40. The average Bonchev–Trinajstić information content (AvgIpc) is 3.28. The number of nitrogens with zero attached hydrogens (tertiary/aromatic N) is 1. The van der Waals surface area contributed by atoms with Crippen molar-refractivity contribution in [2.24, 2.45) is 41.4 Å². The summed E-state index contributed by atoms with van der Waals surface area (Å²) in [5.41, 5.74) is 1.60. The van der Waals surface area contributed by atoms with Crippen molar-refractivity contribution in [2.45, 2.75) is 193 Å². The van der Waals surface area contributed by atoms with Gasteiger partial charge in [-0.2, -0.15) is 0 Å². The molecule has 0 radical (unpaired) electrons. The third kappa shape index (κ3) is 14.6. The molecule has 0 spiro atoms. The Balaban J connectivity index is 1.70. The highest BCUT2D eigenvalue weighted by molar-refractivity contribution is 6.39. The van der Waals surface area contributed by atoms with Crippen molar-refractivity contribution in [1.29, 1.82) is 0 Å². The lowest BCUT2D eigenvalue weighted by molar-refractivity contribution is -0.265. The number of hydrogen-bond acceptors (Lipinski definition) is 12. The molecular formula is C52H85NO12. The van der Waals surface area contributed by atoms with Crippen LogP contribution in [-0.2, 0) is 38.1 Å². The molecule has 13 nitrogen and oxygen atoms in total. The van der Waals surface area contributed by atoms with E-state index < -0.39 is 77.9 Å². The molecule has 370 valence electrons. The van der Waals surface area contributed by atoms with Crippen LogP contribution in [-0.4, -0.2) is 132 Å². The summed E-state index contributed by atoms with van der Waals surface area (Å²) in [6.45, 7) is 15.9. The first-order valence-corrected chi connectivity index (χ1v) is 24.5. The maximum Gasteiger partial charge on any atom is 0.329 e. The van der Waals surface area contributed by atoms with Crippen molar-refractivity contribution in [3.05, 3.63) is 47.6 Å². The first-order valence-electron chi connectivity index (χ1n) is 24.5. The highest BCUT2D eigenvalue weighted by Crippen LogP contribution is 2.38. The molecule has 3 heterocycles. The third-order valence-electron chi connectivity index (χ3n) is 15.4. The molecule has 1 amide bonds. The van der Waals surface area contributed by atoms with Gasteiger partial charge in [-0.1, -0.05) is 78.0 Å². The molecule has 0 aromatic rings. The molecule has 4 aliphatic rings. The standard InChI is InChI=1S/C52H85NO12/c1-31-17-13-12-14-18-32(2)44(61-9)29-40-22-20-37(7)52(60,65-40)49(57)50(58)53-24-16-15-19-41(53)51(59)64-45(35(5)27-39-21-23-42(54)46(28-39)62-10)30-43(55)34(4)26-36(6)47(56)48(63-11)38(8)33(3)25-31/h12-14,17-18,26,31,33-35,37-48,54-56,60H,15-16,19-25,27-30H2,1-11H3/b14-12+,17-13+,32-18+,36-26+/t31-,33-,34-,35-,37-,38?,39?,40+,41+,42-,43?,44+,45+,46-,47?,48+,52-/m1/s1. The molecule has 0 aromatic heterocycles. The van der Waals surface area contributed by atoms with E-state index in [2.05, 4.69) is 26.8 Å². The van der Waals surface area contributed by atoms with Gasteiger partial charge in [0.25, 0.3) is 11.7 Å². The Morgan fingerprint density at radius 1 is 0.815 bits per heavy atom. The first-order chi connectivity index (χ1) is 30.7. The molecule has 1 saturated carbocycles. The van der Waals surface area contributed by atoms with Crippen LogP contribution in [0.15, 0.2) is 47.6 Å². The predicted molar refractivity (Wildman–Crippen MR) is 250 cm³/mol. The van der Waals surface area contributed by atoms with E-state index in [-0.39, 0.29) is 61.2 Å². The van der Waals surface area contributed by atoms with Crippen molar-refractivity contribution in [2.75, 3.05) is 27.9 Å². The molecule has 0 aromatic carbocycles. The van der Waals surface area contributed by atoms with Crippen LogP contribution in [0, 0.1) is 41.4 Å². The molecule has 4 unspecified atom stereocenters. The van der Waals surface area contributed by atoms with Crippen LogP contribution < -0.4 is 0 Å². The lowest BCUT2D eigenvalue weighted by atomic mass is 9.78. The topological polar surface area (TPSA) is 182 Å². The Hall–Kier alpha value is -2.75. The van der Waals surface area contributed by atoms with Crippen LogP contribution in [0.2, 0.25) is 0 Å². The lowest BCUT2D eigenvalue weighted by Gasteiger charge is -2.43. The van der Waals surface area contributed by atoms with Gasteiger partial charge in [0.15, 0.2) is 0 Å². The van der Waals surface area contributed by atoms with E-state index in [4.69, 9.17) is 23.7 Å². The summed E-state index contributed by atoms with van der Waals surface area (Å²) < 4.78 is 29.9. The minimum Gasteiger partial charge on any atom is -0.460 e. The Labute approximate surface area is 390 Å². The van der Waals surface area contributed by atoms with Gasteiger partial charge in [0, 0.05) is 52.6 Å². The maximum absolute atomic E-state index is 14.4. The van der Waals surface area contributed by atoms with Crippen molar-refractivity contribution in [1.82, 2.24) is 4.90 Å². The van der Waals surface area contributed by atoms with Crippen molar-refractivity contribution >= 4 is 17.7 Å². The summed E-state index contributed by atoms with van der Waals surface area (Å²) in [7, 11) is 4.82. The summed E-state index contributed by atoms with van der Waals surface area (Å²) in [5, 5.41) is 46.0. The zero-order valence-electron chi connectivity index (χ0n) is 41.4. The van der Waals surface area contributed by atoms with E-state index in [1.807, 2.05) is 58.1 Å². The number of aliphatic hydroxyl groups is 4. The first kappa shape index (κ1) is 54.9. The van der Waals surface area contributed by atoms with Gasteiger partial charge in [-0.05, 0) is 119 Å². The normalized spacial score (nSPS) is 42.7. The summed E-state index contributed by atoms with van der Waals surface area (Å²) in [6.07, 6.45) is 13.4. The molecule has 1 aliphatic carbocycles. The molecule has 13 heteroatoms. The van der Waals surface area contributed by atoms with E-state index in [0.29, 0.717) is 56.9 Å². The maximum atomic E-state index is 14.4. The monoisotopic (exact) mass is 916 g/mol. The van der Waals surface area contributed by atoms with E-state index in [9.17, 15) is 34.8 Å².